The van der Waals surface area contributed by atoms with E-state index in [2.05, 4.69) is 32.2 Å². The molecular weight excluding hydrogens is 310 g/mol. The molecule has 24 heavy (non-hydrogen) atoms. The Kier molecular flexibility index (Phi) is 3.60. The fourth-order valence-electron chi connectivity index (χ4n) is 8.37. The van der Waals surface area contributed by atoms with E-state index in [4.69, 9.17) is 5.73 Å². The van der Waals surface area contributed by atoms with Gasteiger partial charge in [-0.3, -0.25) is 0 Å². The summed E-state index contributed by atoms with van der Waals surface area (Å²) < 4.78 is 0. The van der Waals surface area contributed by atoms with E-state index in [1.165, 1.54) is 42.4 Å². The van der Waals surface area contributed by atoms with E-state index < -0.39 is 0 Å². The van der Waals surface area contributed by atoms with E-state index in [0.29, 0.717) is 6.04 Å². The summed E-state index contributed by atoms with van der Waals surface area (Å²) in [4.78, 5) is 0. The molecule has 0 heterocycles. The second kappa shape index (κ2) is 5.39. The monoisotopic (exact) mass is 343 g/mol. The minimum atomic E-state index is 0.363. The molecule has 0 aromatic carbocycles. The van der Waals surface area contributed by atoms with E-state index in [0.717, 1.165) is 35.0 Å². The van der Waals surface area contributed by atoms with Crippen LogP contribution in [0.4, 0.5) is 0 Å². The normalized spacial score (nSPS) is 58.5. The molecule has 10 unspecified atom stereocenters. The lowest BCUT2D eigenvalue weighted by atomic mass is 9.51. The summed E-state index contributed by atoms with van der Waals surface area (Å²) in [5, 5.41) is 1.44. The summed E-state index contributed by atoms with van der Waals surface area (Å²) in [6.45, 7) is 5.81. The Morgan fingerprint density at radius 1 is 1.25 bits per heavy atom. The van der Waals surface area contributed by atoms with Gasteiger partial charge >= 0.3 is 0 Å². The molecule has 10 atom stereocenters. The molecule has 0 saturated heterocycles. The zero-order valence-electron chi connectivity index (χ0n) is 15.0. The second-order valence-electron chi connectivity index (χ2n) is 9.87. The number of thiol groups is 1. The van der Waals surface area contributed by atoms with Crippen LogP contribution < -0.4 is 5.73 Å². The lowest BCUT2D eigenvalue weighted by Crippen LogP contribution is -2.47. The first kappa shape index (κ1) is 16.0. The van der Waals surface area contributed by atoms with Gasteiger partial charge < -0.3 is 5.73 Å². The van der Waals surface area contributed by atoms with Gasteiger partial charge in [-0.15, -0.1) is 0 Å². The summed E-state index contributed by atoms with van der Waals surface area (Å²) in [7, 11) is 0. The fraction of sp³-hybridized carbons (Fsp3) is 0.818. The average molecular weight is 344 g/mol. The molecule has 6 aliphatic rings. The van der Waals surface area contributed by atoms with Crippen LogP contribution in [0.3, 0.4) is 0 Å². The van der Waals surface area contributed by atoms with Crippen molar-refractivity contribution in [1.29, 1.82) is 0 Å². The Hall–Kier alpha value is -0.210. The van der Waals surface area contributed by atoms with Crippen LogP contribution >= 0.6 is 12.6 Å². The van der Waals surface area contributed by atoms with Crippen LogP contribution in [0, 0.1) is 52.8 Å². The van der Waals surface area contributed by atoms with Crippen molar-refractivity contribution < 1.29 is 0 Å². The summed E-state index contributed by atoms with van der Waals surface area (Å²) >= 11 is 3.55. The largest absolute Gasteiger partial charge is 0.324 e. The number of hydrogen-bond donors (Lipinski definition) is 2. The predicted octanol–water partition coefficient (Wildman–Crippen LogP) is 5.05. The SMILES string of the molecule is C=CS.CC1CC2=CC(N)CCC2C2CCC34CC3C3CC3C4C12. The summed E-state index contributed by atoms with van der Waals surface area (Å²) in [5.41, 5.74) is 8.88. The molecule has 0 bridgehead atoms. The second-order valence-corrected chi connectivity index (χ2v) is 10.2. The van der Waals surface area contributed by atoms with Gasteiger partial charge in [0, 0.05) is 6.04 Å². The minimum Gasteiger partial charge on any atom is -0.324 e. The van der Waals surface area contributed by atoms with E-state index in [1.807, 2.05) is 0 Å². The molecule has 0 aromatic rings. The molecule has 6 rings (SSSR count). The summed E-state index contributed by atoms with van der Waals surface area (Å²) in [6, 6.07) is 0.363. The Bertz CT molecular complexity index is 583. The smallest absolute Gasteiger partial charge is 0.0226 e. The van der Waals surface area contributed by atoms with Crippen LogP contribution in [0.25, 0.3) is 0 Å². The molecule has 0 aromatic heterocycles. The van der Waals surface area contributed by atoms with Crippen molar-refractivity contribution in [3.05, 3.63) is 23.6 Å². The lowest BCUT2D eigenvalue weighted by Gasteiger charge is -2.54. The maximum absolute atomic E-state index is 6.22. The molecule has 6 aliphatic carbocycles. The van der Waals surface area contributed by atoms with Crippen molar-refractivity contribution in [1.82, 2.24) is 0 Å². The maximum Gasteiger partial charge on any atom is 0.0226 e. The summed E-state index contributed by atoms with van der Waals surface area (Å²) in [5.74, 6) is 8.69. The van der Waals surface area contributed by atoms with Gasteiger partial charge in [0.15, 0.2) is 0 Å². The maximum atomic E-state index is 6.22. The molecule has 0 aliphatic heterocycles. The van der Waals surface area contributed by atoms with Crippen LogP contribution in [0.15, 0.2) is 23.6 Å². The first-order chi connectivity index (χ1) is 11.6. The van der Waals surface area contributed by atoms with Crippen molar-refractivity contribution >= 4 is 12.6 Å². The van der Waals surface area contributed by atoms with Crippen molar-refractivity contribution in [3.63, 3.8) is 0 Å². The minimum absolute atomic E-state index is 0.363. The highest BCUT2D eigenvalue weighted by atomic mass is 32.1. The fourth-order valence-corrected chi connectivity index (χ4v) is 8.37. The van der Waals surface area contributed by atoms with Gasteiger partial charge in [0.1, 0.15) is 0 Å². The van der Waals surface area contributed by atoms with Gasteiger partial charge in [-0.2, -0.15) is 12.6 Å². The molecule has 1 spiro atoms. The highest BCUT2D eigenvalue weighted by molar-refractivity contribution is 7.83. The number of allylic oxidation sites excluding steroid dienone is 1. The molecule has 132 valence electrons. The van der Waals surface area contributed by atoms with Gasteiger partial charge in [0.05, 0.1) is 0 Å². The molecule has 0 radical (unpaired) electrons. The number of rotatable bonds is 0. The van der Waals surface area contributed by atoms with Crippen molar-refractivity contribution in [2.45, 2.75) is 57.9 Å². The number of fused-ring (bicyclic) bond motifs is 7. The number of hydrogen-bond acceptors (Lipinski definition) is 2. The predicted molar refractivity (Wildman–Crippen MR) is 104 cm³/mol. The van der Waals surface area contributed by atoms with E-state index >= 15 is 0 Å². The molecule has 0 amide bonds. The first-order valence-corrected chi connectivity index (χ1v) is 10.8. The standard InChI is InChI=1S/C20H29N.C2H4S/c1-10-6-11-7-12(21)2-3-13(11)14-4-5-20-9-17(20)15-8-16(15)19(20)18(10)14;1-2-3/h7,10,12-19H,2-6,8-9,21H2,1H3;2-3H,1H2. The topological polar surface area (TPSA) is 26.0 Å². The van der Waals surface area contributed by atoms with Crippen LogP contribution in [-0.2, 0) is 0 Å². The molecule has 5 fully saturated rings. The third-order valence-electron chi connectivity index (χ3n) is 9.01. The molecule has 1 nitrogen and oxygen atoms in total. The van der Waals surface area contributed by atoms with Gasteiger partial charge in [-0.05, 0) is 103 Å². The zero-order chi connectivity index (χ0) is 16.6. The quantitative estimate of drug-likeness (QED) is 0.467. The first-order valence-electron chi connectivity index (χ1n) is 10.3. The Morgan fingerprint density at radius 2 is 2.04 bits per heavy atom. The van der Waals surface area contributed by atoms with Crippen molar-refractivity contribution in [2.75, 3.05) is 0 Å². The van der Waals surface area contributed by atoms with E-state index in [1.54, 1.807) is 31.3 Å². The number of nitrogens with two attached hydrogens (primary N) is 1. The van der Waals surface area contributed by atoms with Crippen molar-refractivity contribution in [2.24, 2.45) is 58.5 Å². The van der Waals surface area contributed by atoms with Gasteiger partial charge in [0.2, 0.25) is 0 Å². The van der Waals surface area contributed by atoms with Gasteiger partial charge in [-0.25, -0.2) is 0 Å². The highest BCUT2D eigenvalue weighted by Crippen LogP contribution is 2.85. The van der Waals surface area contributed by atoms with Crippen LogP contribution in [0.1, 0.15) is 51.9 Å². The van der Waals surface area contributed by atoms with Gasteiger partial charge in [-0.1, -0.05) is 25.2 Å². The van der Waals surface area contributed by atoms with Crippen LogP contribution in [0.2, 0.25) is 0 Å². The molecule has 2 N–H and O–H groups in total. The Labute approximate surface area is 152 Å². The summed E-state index contributed by atoms with van der Waals surface area (Å²) in [6.07, 6.45) is 12.9. The van der Waals surface area contributed by atoms with E-state index in [9.17, 15) is 0 Å². The van der Waals surface area contributed by atoms with Crippen molar-refractivity contribution in [3.8, 4) is 0 Å². The lowest BCUT2D eigenvalue weighted by molar-refractivity contribution is -0.0164. The van der Waals surface area contributed by atoms with Crippen LogP contribution in [0.5, 0.6) is 0 Å². The third-order valence-corrected chi connectivity index (χ3v) is 9.01. The molecule has 2 heteroatoms. The Balaban J connectivity index is 0.000000409. The highest BCUT2D eigenvalue weighted by Gasteiger charge is 2.78. The zero-order valence-corrected chi connectivity index (χ0v) is 15.9. The van der Waals surface area contributed by atoms with E-state index in [-0.39, 0.29) is 0 Å². The molecular formula is C22H33NS. The van der Waals surface area contributed by atoms with Gasteiger partial charge in [0.25, 0.3) is 0 Å². The third kappa shape index (κ3) is 2.05. The van der Waals surface area contributed by atoms with Crippen LogP contribution in [-0.4, -0.2) is 6.04 Å². The molecule has 5 saturated carbocycles. The Morgan fingerprint density at radius 3 is 2.83 bits per heavy atom. The average Bonchev–Trinajstić information content (AvgIpc) is 3.44.